The number of halogens is 1. The van der Waals surface area contributed by atoms with Gasteiger partial charge in [-0.2, -0.15) is 0 Å². The van der Waals surface area contributed by atoms with E-state index < -0.39 is 0 Å². The van der Waals surface area contributed by atoms with Crippen molar-refractivity contribution in [3.05, 3.63) is 63.7 Å². The van der Waals surface area contributed by atoms with Crippen molar-refractivity contribution in [2.75, 3.05) is 5.32 Å². The second-order valence-electron chi connectivity index (χ2n) is 5.30. The van der Waals surface area contributed by atoms with Crippen LogP contribution in [0.25, 0.3) is 0 Å². The zero-order valence-electron chi connectivity index (χ0n) is 11.7. The highest BCUT2D eigenvalue weighted by atomic mass is 35.5. The van der Waals surface area contributed by atoms with Gasteiger partial charge in [0.25, 0.3) is 5.91 Å². The van der Waals surface area contributed by atoms with E-state index in [2.05, 4.69) is 5.32 Å². The van der Waals surface area contributed by atoms with Crippen molar-refractivity contribution in [2.45, 2.75) is 25.8 Å². The number of fused-ring (bicyclic) bond motifs is 1. The molecule has 21 heavy (non-hydrogen) atoms. The standard InChI is InChI=1S/C17H17ClN2O/c18-13-8-12-4-2-6-15(12)16(9-13)17(21)20-14-5-1-3-11(7-14)10-19/h1,3,5,7-9H,2,4,6,10,19H2,(H,20,21). The summed E-state index contributed by atoms with van der Waals surface area (Å²) in [5, 5.41) is 3.56. The number of carbonyl (C=O) groups excluding carboxylic acids is 1. The lowest BCUT2D eigenvalue weighted by Gasteiger charge is -2.11. The summed E-state index contributed by atoms with van der Waals surface area (Å²) in [4.78, 5) is 12.5. The molecule has 1 aliphatic carbocycles. The molecule has 4 heteroatoms. The van der Waals surface area contributed by atoms with E-state index in [0.29, 0.717) is 17.1 Å². The van der Waals surface area contributed by atoms with Crippen LogP contribution in [0.2, 0.25) is 5.02 Å². The van der Waals surface area contributed by atoms with Crippen LogP contribution in [-0.2, 0) is 19.4 Å². The van der Waals surface area contributed by atoms with Crippen molar-refractivity contribution in [3.63, 3.8) is 0 Å². The van der Waals surface area contributed by atoms with Crippen molar-refractivity contribution >= 4 is 23.2 Å². The summed E-state index contributed by atoms with van der Waals surface area (Å²) in [6.07, 6.45) is 3.02. The first kappa shape index (κ1) is 14.1. The van der Waals surface area contributed by atoms with Gasteiger partial charge < -0.3 is 11.1 Å². The van der Waals surface area contributed by atoms with Gasteiger partial charge in [-0.15, -0.1) is 0 Å². The predicted octanol–water partition coefficient (Wildman–Crippen LogP) is 3.54. The van der Waals surface area contributed by atoms with Crippen molar-refractivity contribution in [1.29, 1.82) is 0 Å². The predicted molar refractivity (Wildman–Crippen MR) is 85.8 cm³/mol. The van der Waals surface area contributed by atoms with E-state index in [1.165, 1.54) is 5.56 Å². The third kappa shape index (κ3) is 2.94. The summed E-state index contributed by atoms with van der Waals surface area (Å²) in [5.74, 6) is -0.107. The van der Waals surface area contributed by atoms with Crippen LogP contribution >= 0.6 is 11.6 Å². The number of hydrogen-bond donors (Lipinski definition) is 2. The van der Waals surface area contributed by atoms with E-state index in [9.17, 15) is 4.79 Å². The molecule has 2 aromatic carbocycles. The second kappa shape index (κ2) is 5.88. The zero-order chi connectivity index (χ0) is 14.8. The molecule has 0 spiro atoms. The van der Waals surface area contributed by atoms with Gasteiger partial charge in [-0.25, -0.2) is 0 Å². The third-order valence-corrected chi connectivity index (χ3v) is 4.06. The first-order chi connectivity index (χ1) is 10.2. The Morgan fingerprint density at radius 1 is 1.24 bits per heavy atom. The maximum atomic E-state index is 12.5. The molecular weight excluding hydrogens is 284 g/mol. The Labute approximate surface area is 129 Å². The fourth-order valence-corrected chi connectivity index (χ4v) is 3.08. The molecule has 0 bridgehead atoms. The second-order valence-corrected chi connectivity index (χ2v) is 5.74. The minimum atomic E-state index is -0.107. The van der Waals surface area contributed by atoms with Crippen molar-refractivity contribution in [3.8, 4) is 0 Å². The highest BCUT2D eigenvalue weighted by Gasteiger charge is 2.20. The Morgan fingerprint density at radius 2 is 2.10 bits per heavy atom. The van der Waals surface area contributed by atoms with Crippen LogP contribution in [0.5, 0.6) is 0 Å². The number of aryl methyl sites for hydroxylation is 1. The molecule has 3 rings (SSSR count). The van der Waals surface area contributed by atoms with Crippen molar-refractivity contribution < 1.29 is 4.79 Å². The topological polar surface area (TPSA) is 55.1 Å². The Balaban J connectivity index is 1.89. The third-order valence-electron chi connectivity index (χ3n) is 3.85. The summed E-state index contributed by atoms with van der Waals surface area (Å²) in [7, 11) is 0. The fourth-order valence-electron chi connectivity index (χ4n) is 2.84. The van der Waals surface area contributed by atoms with Crippen LogP contribution in [0.3, 0.4) is 0 Å². The molecule has 2 aromatic rings. The molecule has 1 aliphatic rings. The van der Waals surface area contributed by atoms with Crippen LogP contribution in [-0.4, -0.2) is 5.91 Å². The molecule has 3 nitrogen and oxygen atoms in total. The highest BCUT2D eigenvalue weighted by Crippen LogP contribution is 2.29. The number of hydrogen-bond acceptors (Lipinski definition) is 2. The molecule has 0 saturated carbocycles. The molecular formula is C17H17ClN2O. The molecule has 3 N–H and O–H groups in total. The van der Waals surface area contributed by atoms with E-state index in [4.69, 9.17) is 17.3 Å². The van der Waals surface area contributed by atoms with Crippen LogP contribution < -0.4 is 11.1 Å². The zero-order valence-corrected chi connectivity index (χ0v) is 12.4. The SMILES string of the molecule is NCc1cccc(NC(=O)c2cc(Cl)cc3c2CCC3)c1. The van der Waals surface area contributed by atoms with Crippen LogP contribution in [0.15, 0.2) is 36.4 Å². The lowest BCUT2D eigenvalue weighted by Crippen LogP contribution is -2.14. The molecule has 0 atom stereocenters. The van der Waals surface area contributed by atoms with Crippen LogP contribution in [0, 0.1) is 0 Å². The first-order valence-electron chi connectivity index (χ1n) is 7.09. The minimum absolute atomic E-state index is 0.107. The van der Waals surface area contributed by atoms with Crippen LogP contribution in [0.4, 0.5) is 5.69 Å². The summed E-state index contributed by atoms with van der Waals surface area (Å²) in [6.45, 7) is 0.455. The average molecular weight is 301 g/mol. The Kier molecular flexibility index (Phi) is 3.95. The molecule has 0 aliphatic heterocycles. The first-order valence-corrected chi connectivity index (χ1v) is 7.47. The van der Waals surface area contributed by atoms with E-state index in [0.717, 1.165) is 36.1 Å². The molecule has 0 saturated heterocycles. The number of nitrogens with one attached hydrogen (secondary N) is 1. The van der Waals surface area contributed by atoms with Crippen molar-refractivity contribution in [1.82, 2.24) is 0 Å². The molecule has 0 heterocycles. The van der Waals surface area contributed by atoms with Gasteiger partial charge >= 0.3 is 0 Å². The number of carbonyl (C=O) groups is 1. The summed E-state index contributed by atoms with van der Waals surface area (Å²) in [6, 6.07) is 11.3. The molecule has 108 valence electrons. The van der Waals surface area contributed by atoms with E-state index >= 15 is 0 Å². The Hall–Kier alpha value is -1.84. The average Bonchev–Trinajstić information content (AvgIpc) is 2.94. The van der Waals surface area contributed by atoms with E-state index in [-0.39, 0.29) is 5.91 Å². The molecule has 0 fully saturated rings. The monoisotopic (exact) mass is 300 g/mol. The van der Waals surface area contributed by atoms with Gasteiger partial charge in [0.15, 0.2) is 0 Å². The van der Waals surface area contributed by atoms with Gasteiger partial charge in [0.1, 0.15) is 0 Å². The number of anilines is 1. The normalized spacial score (nSPS) is 13.0. The van der Waals surface area contributed by atoms with Gasteiger partial charge in [0.05, 0.1) is 0 Å². The molecule has 0 aromatic heterocycles. The molecule has 1 amide bonds. The van der Waals surface area contributed by atoms with Gasteiger partial charge in [-0.1, -0.05) is 23.7 Å². The van der Waals surface area contributed by atoms with Gasteiger partial charge in [0.2, 0.25) is 0 Å². The summed E-state index contributed by atoms with van der Waals surface area (Å²) in [5.41, 5.74) is 10.4. The van der Waals surface area contributed by atoms with Gasteiger partial charge in [0, 0.05) is 22.8 Å². The fraction of sp³-hybridized carbons (Fsp3) is 0.235. The number of rotatable bonds is 3. The maximum absolute atomic E-state index is 12.5. The molecule has 0 radical (unpaired) electrons. The largest absolute Gasteiger partial charge is 0.326 e. The minimum Gasteiger partial charge on any atom is -0.326 e. The summed E-state index contributed by atoms with van der Waals surface area (Å²) >= 11 is 6.13. The van der Waals surface area contributed by atoms with Gasteiger partial charge in [-0.3, -0.25) is 4.79 Å². The number of nitrogens with two attached hydrogens (primary N) is 1. The molecule has 0 unspecified atom stereocenters. The maximum Gasteiger partial charge on any atom is 0.256 e. The Bertz CT molecular complexity index is 697. The van der Waals surface area contributed by atoms with Gasteiger partial charge in [-0.05, 0) is 60.2 Å². The highest BCUT2D eigenvalue weighted by molar-refractivity contribution is 6.31. The van der Waals surface area contributed by atoms with Crippen molar-refractivity contribution in [2.24, 2.45) is 5.73 Å². The number of benzene rings is 2. The lowest BCUT2D eigenvalue weighted by atomic mass is 10.0. The van der Waals surface area contributed by atoms with Crippen LogP contribution in [0.1, 0.15) is 33.5 Å². The lowest BCUT2D eigenvalue weighted by molar-refractivity contribution is 0.102. The van der Waals surface area contributed by atoms with E-state index in [1.807, 2.05) is 30.3 Å². The smallest absolute Gasteiger partial charge is 0.256 e. The van der Waals surface area contributed by atoms with E-state index in [1.54, 1.807) is 6.07 Å². The quantitative estimate of drug-likeness (QED) is 0.911. The number of amides is 1. The summed E-state index contributed by atoms with van der Waals surface area (Å²) < 4.78 is 0. The Morgan fingerprint density at radius 3 is 2.90 bits per heavy atom.